The van der Waals surface area contributed by atoms with Crippen molar-refractivity contribution in [2.75, 3.05) is 11.9 Å². The largest absolute Gasteiger partial charge is 0.396 e. The molecule has 0 saturated carbocycles. The maximum atomic E-state index is 11.2. The van der Waals surface area contributed by atoms with E-state index in [4.69, 9.17) is 10.8 Å². The summed E-state index contributed by atoms with van der Waals surface area (Å²) in [6.07, 6.45) is 1.09. The number of aliphatic hydroxyl groups excluding tert-OH is 1. The first-order valence-corrected chi connectivity index (χ1v) is 6.30. The molecule has 4 N–H and O–H groups in total. The molecule has 1 aromatic rings. The van der Waals surface area contributed by atoms with Gasteiger partial charge in [-0.25, -0.2) is 0 Å². The fraction of sp³-hybridized carbons (Fsp3) is 0.462. The van der Waals surface area contributed by atoms with Crippen molar-refractivity contribution in [2.45, 2.75) is 32.2 Å². The number of carbonyl (C=O) groups is 1. The van der Waals surface area contributed by atoms with Crippen LogP contribution in [-0.4, -0.2) is 28.1 Å². The molecular formula is C13H19N3O4. The molecule has 0 radical (unpaired) electrons. The van der Waals surface area contributed by atoms with Crippen LogP contribution < -0.4 is 11.1 Å². The van der Waals surface area contributed by atoms with Crippen LogP contribution >= 0.6 is 0 Å². The van der Waals surface area contributed by atoms with Gasteiger partial charge in [0, 0.05) is 23.8 Å². The third-order valence-electron chi connectivity index (χ3n) is 3.36. The van der Waals surface area contributed by atoms with Crippen LogP contribution in [-0.2, 0) is 0 Å². The van der Waals surface area contributed by atoms with E-state index in [9.17, 15) is 14.9 Å². The molecule has 7 nitrogen and oxygen atoms in total. The Balaban J connectivity index is 3.22. The fourth-order valence-electron chi connectivity index (χ4n) is 1.85. The van der Waals surface area contributed by atoms with E-state index in [1.807, 2.05) is 13.8 Å². The van der Waals surface area contributed by atoms with Gasteiger partial charge in [0.25, 0.3) is 5.69 Å². The zero-order chi connectivity index (χ0) is 15.3. The van der Waals surface area contributed by atoms with Gasteiger partial charge in [-0.1, -0.05) is 6.92 Å². The highest BCUT2D eigenvalue weighted by molar-refractivity contribution is 5.94. The monoisotopic (exact) mass is 281 g/mol. The van der Waals surface area contributed by atoms with Gasteiger partial charge in [-0.2, -0.15) is 0 Å². The Morgan fingerprint density at radius 3 is 2.65 bits per heavy atom. The summed E-state index contributed by atoms with van der Waals surface area (Å²) in [5.74, 6) is -0.650. The van der Waals surface area contributed by atoms with E-state index in [0.29, 0.717) is 12.8 Å². The van der Waals surface area contributed by atoms with E-state index in [1.165, 1.54) is 18.2 Å². The maximum absolute atomic E-state index is 11.2. The number of carbonyl (C=O) groups excluding carboxylic acids is 1. The molecule has 110 valence electrons. The van der Waals surface area contributed by atoms with Crippen LogP contribution in [0, 0.1) is 10.1 Å². The van der Waals surface area contributed by atoms with Crippen molar-refractivity contribution in [1.29, 1.82) is 0 Å². The molecule has 1 amide bonds. The number of nitrogens with zero attached hydrogens (tertiary/aromatic N) is 1. The van der Waals surface area contributed by atoms with Crippen LogP contribution in [0.15, 0.2) is 18.2 Å². The van der Waals surface area contributed by atoms with E-state index in [1.54, 1.807) is 0 Å². The highest BCUT2D eigenvalue weighted by atomic mass is 16.6. The average molecular weight is 281 g/mol. The van der Waals surface area contributed by atoms with Gasteiger partial charge in [-0.15, -0.1) is 0 Å². The lowest BCUT2D eigenvalue weighted by Gasteiger charge is -2.30. The molecule has 0 aliphatic heterocycles. The lowest BCUT2D eigenvalue weighted by molar-refractivity contribution is -0.384. The summed E-state index contributed by atoms with van der Waals surface area (Å²) < 4.78 is 0. The van der Waals surface area contributed by atoms with Crippen molar-refractivity contribution in [3.05, 3.63) is 33.9 Å². The second-order valence-corrected chi connectivity index (χ2v) is 4.87. The van der Waals surface area contributed by atoms with Crippen molar-refractivity contribution in [1.82, 2.24) is 0 Å². The Morgan fingerprint density at radius 1 is 1.55 bits per heavy atom. The molecule has 0 aliphatic rings. The number of anilines is 1. The number of nitro benzene ring substituents is 1. The van der Waals surface area contributed by atoms with Gasteiger partial charge in [-0.05, 0) is 31.9 Å². The molecule has 1 atom stereocenters. The van der Waals surface area contributed by atoms with Gasteiger partial charge in [0.15, 0.2) is 0 Å². The fourth-order valence-corrected chi connectivity index (χ4v) is 1.85. The molecule has 0 aromatic heterocycles. The average Bonchev–Trinajstić information content (AvgIpc) is 2.38. The number of hydrogen-bond donors (Lipinski definition) is 3. The Hall–Kier alpha value is -2.15. The summed E-state index contributed by atoms with van der Waals surface area (Å²) >= 11 is 0. The summed E-state index contributed by atoms with van der Waals surface area (Å²) in [6.45, 7) is 3.72. The first-order valence-electron chi connectivity index (χ1n) is 6.30. The minimum Gasteiger partial charge on any atom is -0.396 e. The lowest BCUT2D eigenvalue weighted by atomic mass is 9.94. The second-order valence-electron chi connectivity index (χ2n) is 4.87. The second kappa shape index (κ2) is 6.33. The predicted molar refractivity (Wildman–Crippen MR) is 75.6 cm³/mol. The third-order valence-corrected chi connectivity index (χ3v) is 3.36. The number of nitrogens with two attached hydrogens (primary N) is 1. The Kier molecular flexibility index (Phi) is 5.04. The Labute approximate surface area is 116 Å². The minimum atomic E-state index is -0.650. The van der Waals surface area contributed by atoms with Gasteiger partial charge in [0.2, 0.25) is 5.91 Å². The SMILES string of the molecule is CCC(C)(CCO)Nc1cc(C(N)=O)ccc1[N+](=O)[O-]. The molecule has 1 rings (SSSR count). The summed E-state index contributed by atoms with van der Waals surface area (Å²) in [6, 6.07) is 3.93. The standard InChI is InChI=1S/C13H19N3O4/c1-3-13(2,6-7-17)15-10-8-9(12(14)18)4-5-11(10)16(19)20/h4-5,8,15,17H,3,6-7H2,1-2H3,(H2,14,18). The molecule has 0 aliphatic carbocycles. The zero-order valence-electron chi connectivity index (χ0n) is 11.5. The quantitative estimate of drug-likeness (QED) is 0.518. The third kappa shape index (κ3) is 3.67. The van der Waals surface area contributed by atoms with Crippen molar-refractivity contribution >= 4 is 17.3 Å². The van der Waals surface area contributed by atoms with Crippen LogP contribution in [0.4, 0.5) is 11.4 Å². The molecule has 0 fully saturated rings. The Morgan fingerprint density at radius 2 is 2.20 bits per heavy atom. The Bertz CT molecular complexity index is 518. The number of hydrogen-bond acceptors (Lipinski definition) is 5. The van der Waals surface area contributed by atoms with Gasteiger partial charge in [-0.3, -0.25) is 14.9 Å². The molecular weight excluding hydrogens is 262 g/mol. The molecule has 7 heteroatoms. The molecule has 20 heavy (non-hydrogen) atoms. The zero-order valence-corrected chi connectivity index (χ0v) is 11.5. The van der Waals surface area contributed by atoms with Crippen LogP contribution in [0.1, 0.15) is 37.0 Å². The summed E-state index contributed by atoms with van der Waals surface area (Å²) in [5.41, 5.74) is 4.97. The van der Waals surface area contributed by atoms with Crippen molar-refractivity contribution < 1.29 is 14.8 Å². The molecule has 0 spiro atoms. The van der Waals surface area contributed by atoms with Crippen molar-refractivity contribution in [3.63, 3.8) is 0 Å². The first-order chi connectivity index (χ1) is 9.33. The number of nitro groups is 1. The number of benzene rings is 1. The number of primary amides is 1. The molecule has 1 aromatic carbocycles. The number of aliphatic hydroxyl groups is 1. The first kappa shape index (κ1) is 15.9. The van der Waals surface area contributed by atoms with Gasteiger partial charge < -0.3 is 16.2 Å². The van der Waals surface area contributed by atoms with Gasteiger partial charge in [0.05, 0.1) is 4.92 Å². The number of amides is 1. The van der Waals surface area contributed by atoms with E-state index in [2.05, 4.69) is 5.32 Å². The van der Waals surface area contributed by atoms with E-state index >= 15 is 0 Å². The highest BCUT2D eigenvalue weighted by Crippen LogP contribution is 2.30. The van der Waals surface area contributed by atoms with Crippen LogP contribution in [0.3, 0.4) is 0 Å². The molecule has 0 heterocycles. The number of nitrogens with one attached hydrogen (secondary N) is 1. The summed E-state index contributed by atoms with van der Waals surface area (Å²) in [5, 5.41) is 23.2. The molecule has 0 saturated heterocycles. The van der Waals surface area contributed by atoms with E-state index in [-0.39, 0.29) is 23.5 Å². The van der Waals surface area contributed by atoms with E-state index in [0.717, 1.165) is 0 Å². The topological polar surface area (TPSA) is 118 Å². The molecule has 0 bridgehead atoms. The molecule has 1 unspecified atom stereocenters. The van der Waals surface area contributed by atoms with Crippen LogP contribution in [0.25, 0.3) is 0 Å². The van der Waals surface area contributed by atoms with Crippen LogP contribution in [0.2, 0.25) is 0 Å². The minimum absolute atomic E-state index is 0.0410. The van der Waals surface area contributed by atoms with Crippen molar-refractivity contribution in [3.8, 4) is 0 Å². The number of rotatable bonds is 7. The van der Waals surface area contributed by atoms with Crippen molar-refractivity contribution in [2.24, 2.45) is 5.73 Å². The van der Waals surface area contributed by atoms with Gasteiger partial charge in [0.1, 0.15) is 5.69 Å². The summed E-state index contributed by atoms with van der Waals surface area (Å²) in [4.78, 5) is 21.7. The normalized spacial score (nSPS) is 13.6. The van der Waals surface area contributed by atoms with E-state index < -0.39 is 16.4 Å². The predicted octanol–water partition coefficient (Wildman–Crippen LogP) is 1.66. The van der Waals surface area contributed by atoms with Crippen LogP contribution in [0.5, 0.6) is 0 Å². The highest BCUT2D eigenvalue weighted by Gasteiger charge is 2.25. The smallest absolute Gasteiger partial charge is 0.292 e. The lowest BCUT2D eigenvalue weighted by Crippen LogP contribution is -2.35. The van der Waals surface area contributed by atoms with Gasteiger partial charge >= 0.3 is 0 Å². The maximum Gasteiger partial charge on any atom is 0.292 e. The summed E-state index contributed by atoms with van der Waals surface area (Å²) in [7, 11) is 0.